The first kappa shape index (κ1) is 11.0. The van der Waals surface area contributed by atoms with E-state index in [1.54, 1.807) is 0 Å². The summed E-state index contributed by atoms with van der Waals surface area (Å²) in [6.45, 7) is 3.99. The van der Waals surface area contributed by atoms with E-state index in [0.29, 0.717) is 0 Å². The van der Waals surface area contributed by atoms with Crippen molar-refractivity contribution >= 4 is 0 Å². The van der Waals surface area contributed by atoms with Crippen molar-refractivity contribution in [3.05, 3.63) is 59.0 Å². The van der Waals surface area contributed by atoms with Gasteiger partial charge >= 0.3 is 0 Å². The molecule has 16 heavy (non-hydrogen) atoms. The van der Waals surface area contributed by atoms with E-state index >= 15 is 0 Å². The molecule has 0 radical (unpaired) electrons. The molecule has 1 heterocycles. The minimum Gasteiger partial charge on any atom is -0.466 e. The molecule has 1 aromatic carbocycles. The average Bonchev–Trinajstić information content (AvgIpc) is 2.61. The lowest BCUT2D eigenvalue weighted by Gasteiger charge is -2.15. The summed E-state index contributed by atoms with van der Waals surface area (Å²) in [4.78, 5) is 0. The molecule has 0 aliphatic heterocycles. The van der Waals surface area contributed by atoms with Gasteiger partial charge in [0.15, 0.2) is 0 Å². The van der Waals surface area contributed by atoms with Crippen molar-refractivity contribution in [2.75, 3.05) is 7.05 Å². The van der Waals surface area contributed by atoms with E-state index in [9.17, 15) is 0 Å². The third-order valence-corrected chi connectivity index (χ3v) is 2.81. The molecular weight excluding hydrogens is 198 g/mol. The van der Waals surface area contributed by atoms with Crippen molar-refractivity contribution < 1.29 is 4.42 Å². The Morgan fingerprint density at radius 1 is 1.12 bits per heavy atom. The van der Waals surface area contributed by atoms with Crippen LogP contribution in [-0.2, 0) is 0 Å². The lowest BCUT2D eigenvalue weighted by molar-refractivity contribution is 0.497. The molecule has 2 aromatic rings. The van der Waals surface area contributed by atoms with Gasteiger partial charge in [0.2, 0.25) is 0 Å². The molecule has 0 aliphatic rings. The lowest BCUT2D eigenvalue weighted by atomic mass is 9.99. The van der Waals surface area contributed by atoms with E-state index < -0.39 is 0 Å². The van der Waals surface area contributed by atoms with Crippen molar-refractivity contribution in [1.82, 2.24) is 5.32 Å². The predicted molar refractivity (Wildman–Crippen MR) is 65.5 cm³/mol. The first-order chi connectivity index (χ1) is 7.72. The molecule has 0 spiro atoms. The van der Waals surface area contributed by atoms with Gasteiger partial charge in [-0.05, 0) is 32.5 Å². The van der Waals surface area contributed by atoms with E-state index in [-0.39, 0.29) is 6.04 Å². The van der Waals surface area contributed by atoms with Crippen molar-refractivity contribution in [2.24, 2.45) is 0 Å². The summed E-state index contributed by atoms with van der Waals surface area (Å²) in [5.41, 5.74) is 2.47. The van der Waals surface area contributed by atoms with E-state index in [2.05, 4.69) is 35.6 Å². The zero-order valence-corrected chi connectivity index (χ0v) is 9.95. The summed E-state index contributed by atoms with van der Waals surface area (Å²) in [6.07, 6.45) is 0. The number of rotatable bonds is 3. The first-order valence-electron chi connectivity index (χ1n) is 5.51. The Hall–Kier alpha value is -1.54. The Morgan fingerprint density at radius 3 is 2.31 bits per heavy atom. The second-order valence-electron chi connectivity index (χ2n) is 4.00. The molecule has 1 aromatic heterocycles. The van der Waals surface area contributed by atoms with E-state index in [1.165, 1.54) is 11.1 Å². The monoisotopic (exact) mass is 215 g/mol. The number of nitrogens with one attached hydrogen (secondary N) is 1. The highest BCUT2D eigenvalue weighted by molar-refractivity contribution is 5.34. The van der Waals surface area contributed by atoms with Crippen LogP contribution in [0.1, 0.15) is 28.7 Å². The highest BCUT2D eigenvalue weighted by Gasteiger charge is 2.16. The molecule has 1 unspecified atom stereocenters. The van der Waals surface area contributed by atoms with Crippen LogP contribution in [-0.4, -0.2) is 7.05 Å². The summed E-state index contributed by atoms with van der Waals surface area (Å²) in [6, 6.07) is 12.7. The van der Waals surface area contributed by atoms with Crippen molar-refractivity contribution in [3.8, 4) is 0 Å². The Bertz CT molecular complexity index is 459. The third kappa shape index (κ3) is 2.02. The summed E-state index contributed by atoms with van der Waals surface area (Å²) in [5, 5.41) is 3.33. The fourth-order valence-electron chi connectivity index (χ4n) is 2.08. The molecular formula is C14H17NO. The largest absolute Gasteiger partial charge is 0.466 e. The van der Waals surface area contributed by atoms with Gasteiger partial charge in [-0.25, -0.2) is 0 Å². The quantitative estimate of drug-likeness (QED) is 0.850. The van der Waals surface area contributed by atoms with Gasteiger partial charge in [-0.1, -0.05) is 30.3 Å². The molecule has 84 valence electrons. The van der Waals surface area contributed by atoms with Gasteiger partial charge in [0.25, 0.3) is 0 Å². The van der Waals surface area contributed by atoms with Crippen LogP contribution in [0, 0.1) is 13.8 Å². The molecule has 0 amide bonds. The number of furan rings is 1. The fraction of sp³-hybridized carbons (Fsp3) is 0.286. The molecule has 0 bridgehead atoms. The summed E-state index contributed by atoms with van der Waals surface area (Å²) < 4.78 is 5.58. The maximum absolute atomic E-state index is 5.58. The van der Waals surface area contributed by atoms with Crippen LogP contribution in [0.3, 0.4) is 0 Å². The highest BCUT2D eigenvalue weighted by atomic mass is 16.3. The third-order valence-electron chi connectivity index (χ3n) is 2.81. The van der Waals surface area contributed by atoms with E-state index in [0.717, 1.165) is 11.5 Å². The van der Waals surface area contributed by atoms with Gasteiger partial charge in [-0.2, -0.15) is 0 Å². The summed E-state index contributed by atoms with van der Waals surface area (Å²) >= 11 is 0. The van der Waals surface area contributed by atoms with Crippen molar-refractivity contribution in [3.63, 3.8) is 0 Å². The lowest BCUT2D eigenvalue weighted by Crippen LogP contribution is -2.17. The van der Waals surface area contributed by atoms with Crippen LogP contribution in [0.5, 0.6) is 0 Å². The van der Waals surface area contributed by atoms with Crippen molar-refractivity contribution in [2.45, 2.75) is 19.9 Å². The van der Waals surface area contributed by atoms with Gasteiger partial charge in [0, 0.05) is 5.56 Å². The van der Waals surface area contributed by atoms with Crippen LogP contribution in [0.15, 0.2) is 40.8 Å². The van der Waals surface area contributed by atoms with Crippen LogP contribution < -0.4 is 5.32 Å². The second-order valence-corrected chi connectivity index (χ2v) is 4.00. The first-order valence-corrected chi connectivity index (χ1v) is 5.51. The van der Waals surface area contributed by atoms with Crippen LogP contribution >= 0.6 is 0 Å². The summed E-state index contributed by atoms with van der Waals surface area (Å²) in [7, 11) is 1.97. The van der Waals surface area contributed by atoms with Crippen LogP contribution in [0.4, 0.5) is 0 Å². The molecule has 1 atom stereocenters. The normalized spacial score (nSPS) is 12.7. The number of benzene rings is 1. The Kier molecular flexibility index (Phi) is 3.11. The number of hydrogen-bond donors (Lipinski definition) is 1. The Morgan fingerprint density at radius 2 is 1.81 bits per heavy atom. The van der Waals surface area contributed by atoms with E-state index in [4.69, 9.17) is 4.42 Å². The predicted octanol–water partition coefficient (Wildman–Crippen LogP) is 3.21. The van der Waals surface area contributed by atoms with Gasteiger partial charge in [0.1, 0.15) is 11.5 Å². The highest BCUT2D eigenvalue weighted by Crippen LogP contribution is 2.26. The molecule has 2 rings (SSSR count). The molecule has 0 fully saturated rings. The zero-order valence-electron chi connectivity index (χ0n) is 9.95. The van der Waals surface area contributed by atoms with Gasteiger partial charge in [-0.3, -0.25) is 0 Å². The molecule has 0 aliphatic carbocycles. The SMILES string of the molecule is CNC(c1ccccc1)c1cc(C)oc1C. The summed E-state index contributed by atoms with van der Waals surface area (Å²) in [5.74, 6) is 1.95. The van der Waals surface area contributed by atoms with Gasteiger partial charge in [-0.15, -0.1) is 0 Å². The van der Waals surface area contributed by atoms with E-state index in [1.807, 2.05) is 27.0 Å². The molecule has 2 heteroatoms. The van der Waals surface area contributed by atoms with Crippen molar-refractivity contribution in [1.29, 1.82) is 0 Å². The van der Waals surface area contributed by atoms with Gasteiger partial charge < -0.3 is 9.73 Å². The topological polar surface area (TPSA) is 25.2 Å². The fourth-order valence-corrected chi connectivity index (χ4v) is 2.08. The molecule has 0 saturated heterocycles. The maximum Gasteiger partial charge on any atom is 0.106 e. The number of hydrogen-bond acceptors (Lipinski definition) is 2. The minimum absolute atomic E-state index is 0.207. The average molecular weight is 215 g/mol. The minimum atomic E-state index is 0.207. The standard InChI is InChI=1S/C14H17NO/c1-10-9-13(11(2)16-10)14(15-3)12-7-5-4-6-8-12/h4-9,14-15H,1-3H3. The van der Waals surface area contributed by atoms with Crippen LogP contribution in [0.2, 0.25) is 0 Å². The smallest absolute Gasteiger partial charge is 0.106 e. The molecule has 2 nitrogen and oxygen atoms in total. The zero-order chi connectivity index (χ0) is 11.5. The number of aryl methyl sites for hydroxylation is 2. The van der Waals surface area contributed by atoms with Gasteiger partial charge in [0.05, 0.1) is 6.04 Å². The Balaban J connectivity index is 2.40. The molecule has 0 saturated carbocycles. The Labute approximate surface area is 96.3 Å². The van der Waals surface area contributed by atoms with Crippen LogP contribution in [0.25, 0.3) is 0 Å². The second kappa shape index (κ2) is 4.54. The maximum atomic E-state index is 5.58. The molecule has 1 N–H and O–H groups in total.